The number of hydrogen-bond acceptors (Lipinski definition) is 3. The lowest BCUT2D eigenvalue weighted by Crippen LogP contribution is -2.33. The van der Waals surface area contributed by atoms with Crippen LogP contribution < -0.4 is 5.69 Å². The van der Waals surface area contributed by atoms with Gasteiger partial charge in [-0.2, -0.15) is 0 Å². The van der Waals surface area contributed by atoms with Gasteiger partial charge in [0.25, 0.3) is 0 Å². The van der Waals surface area contributed by atoms with E-state index in [0.29, 0.717) is 11.0 Å². The van der Waals surface area contributed by atoms with Gasteiger partial charge >= 0.3 is 11.7 Å². The molecule has 0 spiro atoms. The molecule has 2 aromatic rings. The maximum atomic E-state index is 12.1. The summed E-state index contributed by atoms with van der Waals surface area (Å²) in [7, 11) is 0. The van der Waals surface area contributed by atoms with Crippen molar-refractivity contribution in [3.05, 3.63) is 34.2 Å². The number of aromatic amines is 1. The van der Waals surface area contributed by atoms with Crippen molar-refractivity contribution in [2.24, 2.45) is 0 Å². The lowest BCUT2D eigenvalue weighted by molar-refractivity contribution is -0.130. The predicted molar refractivity (Wildman–Crippen MR) is 75.3 cm³/mol. The van der Waals surface area contributed by atoms with Crippen LogP contribution in [0, 0.1) is 0 Å². The van der Waals surface area contributed by atoms with E-state index in [4.69, 9.17) is 5.11 Å². The van der Waals surface area contributed by atoms with Crippen molar-refractivity contribution in [3.8, 4) is 0 Å². The van der Waals surface area contributed by atoms with Gasteiger partial charge in [-0.3, -0.25) is 9.36 Å². The molecule has 2 N–H and O–H groups in total. The third-order valence-corrected chi connectivity index (χ3v) is 3.77. The first-order valence-electron chi connectivity index (χ1n) is 6.80. The van der Waals surface area contributed by atoms with Crippen LogP contribution in [0.4, 0.5) is 0 Å². The predicted octanol–water partition coefficient (Wildman–Crippen LogP) is 0.650. The molecule has 0 bridgehead atoms. The van der Waals surface area contributed by atoms with E-state index in [-0.39, 0.29) is 18.0 Å². The van der Waals surface area contributed by atoms with Gasteiger partial charge in [0, 0.05) is 13.1 Å². The number of carboxylic acids is 1. The summed E-state index contributed by atoms with van der Waals surface area (Å²) < 4.78 is 1.35. The van der Waals surface area contributed by atoms with E-state index >= 15 is 0 Å². The van der Waals surface area contributed by atoms with Gasteiger partial charge in [-0.15, -0.1) is 0 Å². The number of aromatic nitrogens is 2. The molecular formula is C14H15N3O4. The van der Waals surface area contributed by atoms with Gasteiger partial charge in [-0.05, 0) is 31.0 Å². The molecule has 110 valence electrons. The Kier molecular flexibility index (Phi) is 3.25. The molecule has 1 fully saturated rings. The van der Waals surface area contributed by atoms with Crippen LogP contribution in [-0.4, -0.2) is 44.5 Å². The number of benzene rings is 1. The minimum atomic E-state index is -1.06. The molecule has 1 aliphatic rings. The first-order chi connectivity index (χ1) is 10.1. The highest BCUT2D eigenvalue weighted by Crippen LogP contribution is 2.14. The minimum Gasteiger partial charge on any atom is -0.478 e. The Morgan fingerprint density at radius 1 is 1.24 bits per heavy atom. The molecule has 7 nitrogen and oxygen atoms in total. The Morgan fingerprint density at radius 2 is 1.95 bits per heavy atom. The largest absolute Gasteiger partial charge is 0.478 e. The lowest BCUT2D eigenvalue weighted by Gasteiger charge is -2.15. The molecular weight excluding hydrogens is 274 g/mol. The van der Waals surface area contributed by atoms with E-state index in [1.54, 1.807) is 11.0 Å². The van der Waals surface area contributed by atoms with Gasteiger partial charge in [-0.1, -0.05) is 0 Å². The molecule has 1 saturated heterocycles. The average Bonchev–Trinajstić information content (AvgIpc) is 3.07. The van der Waals surface area contributed by atoms with Crippen molar-refractivity contribution in [1.82, 2.24) is 14.5 Å². The number of aromatic carboxylic acids is 1. The first kappa shape index (κ1) is 13.4. The zero-order chi connectivity index (χ0) is 15.0. The number of nitrogens with one attached hydrogen (secondary N) is 1. The number of rotatable bonds is 3. The fourth-order valence-corrected chi connectivity index (χ4v) is 2.66. The van der Waals surface area contributed by atoms with E-state index in [1.807, 2.05) is 0 Å². The Morgan fingerprint density at radius 3 is 2.62 bits per heavy atom. The summed E-state index contributed by atoms with van der Waals surface area (Å²) in [6.45, 7) is 1.45. The number of amides is 1. The van der Waals surface area contributed by atoms with E-state index in [0.717, 1.165) is 25.9 Å². The molecule has 0 radical (unpaired) electrons. The summed E-state index contributed by atoms with van der Waals surface area (Å²) in [6, 6.07) is 4.37. The van der Waals surface area contributed by atoms with Gasteiger partial charge in [-0.25, -0.2) is 9.59 Å². The standard InChI is InChI=1S/C14H15N3O4/c18-12(16-5-1-2-6-16)8-17-11-4-3-9(13(19)20)7-10(11)15-14(17)21/h3-4,7H,1-2,5-6,8H2,(H,15,21)(H,19,20). The molecule has 1 aromatic heterocycles. The Labute approximate surface area is 119 Å². The van der Waals surface area contributed by atoms with Gasteiger partial charge in [0.2, 0.25) is 5.91 Å². The van der Waals surface area contributed by atoms with Crippen LogP contribution >= 0.6 is 0 Å². The highest BCUT2D eigenvalue weighted by molar-refractivity contribution is 5.92. The summed E-state index contributed by atoms with van der Waals surface area (Å²) >= 11 is 0. The van der Waals surface area contributed by atoms with Crippen LogP contribution in [0.5, 0.6) is 0 Å². The van der Waals surface area contributed by atoms with Crippen molar-refractivity contribution in [3.63, 3.8) is 0 Å². The summed E-state index contributed by atoms with van der Waals surface area (Å²) in [5.74, 6) is -1.14. The highest BCUT2D eigenvalue weighted by Gasteiger charge is 2.20. The molecule has 0 aliphatic carbocycles. The van der Waals surface area contributed by atoms with E-state index in [1.165, 1.54) is 16.7 Å². The number of imidazole rings is 1. The van der Waals surface area contributed by atoms with Gasteiger partial charge in [0.05, 0.1) is 16.6 Å². The maximum Gasteiger partial charge on any atom is 0.335 e. The van der Waals surface area contributed by atoms with Crippen LogP contribution in [0.1, 0.15) is 23.2 Å². The van der Waals surface area contributed by atoms with Crippen LogP contribution in [0.25, 0.3) is 11.0 Å². The number of carboxylic acid groups (broad SMARTS) is 1. The van der Waals surface area contributed by atoms with Gasteiger partial charge < -0.3 is 15.0 Å². The Bertz CT molecular complexity index is 768. The Hall–Kier alpha value is -2.57. The zero-order valence-electron chi connectivity index (χ0n) is 11.3. The molecule has 21 heavy (non-hydrogen) atoms. The van der Waals surface area contributed by atoms with Gasteiger partial charge in [0.15, 0.2) is 0 Å². The van der Waals surface area contributed by atoms with E-state index in [9.17, 15) is 14.4 Å². The van der Waals surface area contributed by atoms with Crippen molar-refractivity contribution in [1.29, 1.82) is 0 Å². The minimum absolute atomic E-state index is 0.0226. The number of carbonyl (C=O) groups is 2. The molecule has 0 unspecified atom stereocenters. The summed E-state index contributed by atoms with van der Waals surface area (Å²) in [5.41, 5.74) is 0.661. The second kappa shape index (κ2) is 5.08. The topological polar surface area (TPSA) is 95.4 Å². The second-order valence-corrected chi connectivity index (χ2v) is 5.14. The first-order valence-corrected chi connectivity index (χ1v) is 6.80. The number of hydrogen-bond donors (Lipinski definition) is 2. The van der Waals surface area contributed by atoms with Crippen molar-refractivity contribution < 1.29 is 14.7 Å². The van der Waals surface area contributed by atoms with Crippen LogP contribution in [0.15, 0.2) is 23.0 Å². The fraction of sp³-hybridized carbons (Fsp3) is 0.357. The smallest absolute Gasteiger partial charge is 0.335 e. The summed E-state index contributed by atoms with van der Waals surface area (Å²) in [6.07, 6.45) is 1.99. The van der Waals surface area contributed by atoms with E-state index < -0.39 is 11.7 Å². The van der Waals surface area contributed by atoms with Crippen molar-refractivity contribution in [2.75, 3.05) is 13.1 Å². The van der Waals surface area contributed by atoms with Crippen molar-refractivity contribution in [2.45, 2.75) is 19.4 Å². The number of nitrogens with zero attached hydrogens (tertiary/aromatic N) is 2. The molecule has 1 aromatic carbocycles. The molecule has 1 amide bonds. The van der Waals surface area contributed by atoms with Gasteiger partial charge in [0.1, 0.15) is 6.54 Å². The molecule has 3 rings (SSSR count). The Balaban J connectivity index is 1.95. The average molecular weight is 289 g/mol. The SMILES string of the molecule is O=C(O)c1ccc2c(c1)[nH]c(=O)n2CC(=O)N1CCCC1. The number of carbonyl (C=O) groups excluding carboxylic acids is 1. The van der Waals surface area contributed by atoms with Crippen LogP contribution in [0.3, 0.4) is 0 Å². The number of likely N-dealkylation sites (tertiary alicyclic amines) is 1. The lowest BCUT2D eigenvalue weighted by atomic mass is 10.2. The maximum absolute atomic E-state index is 12.1. The quantitative estimate of drug-likeness (QED) is 0.867. The zero-order valence-corrected chi connectivity index (χ0v) is 11.3. The molecule has 0 atom stereocenters. The summed E-state index contributed by atoms with van der Waals surface area (Å²) in [5, 5.41) is 8.95. The third kappa shape index (κ3) is 2.42. The monoisotopic (exact) mass is 289 g/mol. The normalized spacial score (nSPS) is 14.8. The molecule has 1 aliphatic heterocycles. The molecule has 0 saturated carbocycles. The number of fused-ring (bicyclic) bond motifs is 1. The van der Waals surface area contributed by atoms with Crippen molar-refractivity contribution >= 4 is 22.9 Å². The highest BCUT2D eigenvalue weighted by atomic mass is 16.4. The van der Waals surface area contributed by atoms with Crippen LogP contribution in [-0.2, 0) is 11.3 Å². The van der Waals surface area contributed by atoms with E-state index in [2.05, 4.69) is 4.98 Å². The fourth-order valence-electron chi connectivity index (χ4n) is 2.66. The molecule has 2 heterocycles. The summed E-state index contributed by atoms with van der Waals surface area (Å²) in [4.78, 5) is 39.4. The second-order valence-electron chi connectivity index (χ2n) is 5.14. The third-order valence-electron chi connectivity index (χ3n) is 3.77. The number of H-pyrrole nitrogens is 1. The van der Waals surface area contributed by atoms with Crippen LogP contribution in [0.2, 0.25) is 0 Å². The molecule has 7 heteroatoms.